The minimum atomic E-state index is -1.06. The van der Waals surface area contributed by atoms with Crippen molar-refractivity contribution in [1.29, 1.82) is 0 Å². The number of rotatable bonds is 8. The number of fused-ring (bicyclic) bond motifs is 1. The van der Waals surface area contributed by atoms with Gasteiger partial charge in [0, 0.05) is 88.6 Å². The smallest absolute Gasteiger partial charge is 0.237 e. The van der Waals surface area contributed by atoms with Crippen molar-refractivity contribution >= 4 is 34.8 Å². The summed E-state index contributed by atoms with van der Waals surface area (Å²) in [4.78, 5) is 32.2. The maximum atomic E-state index is 11.7. The van der Waals surface area contributed by atoms with E-state index in [1.807, 2.05) is 52.9 Å². The molecule has 0 bridgehead atoms. The van der Waals surface area contributed by atoms with Crippen LogP contribution in [0.25, 0.3) is 22.4 Å². The average Bonchev–Trinajstić information content (AvgIpc) is 3.38. The number of carbonyl (C=O) groups excluding carboxylic acids is 1. The number of imidazole rings is 1. The number of nitrogens with zero attached hydrogens (tertiary/aromatic N) is 7. The molecular formula is C33H38Cl2N8O3. The Bertz CT molecular complexity index is 1760. The summed E-state index contributed by atoms with van der Waals surface area (Å²) in [6.45, 7) is 6.75. The fourth-order valence-corrected chi connectivity index (χ4v) is 6.76. The molecule has 4 heterocycles. The molecule has 242 valence electrons. The zero-order valence-corrected chi connectivity index (χ0v) is 27.9. The standard InChI is InChI=1S/C33H38Cl2N8O3/c1-20(44)43-15-13-42(14-16-43)19-27-33(46-4)39-25(17-36-27)23-9-5-7-21(29(23)34)22-8-6-10-24(30(22)35)38-32(45)31-37-26-18-40(2)12-11-28(26)41(31)3/h5-10,17,32,38,45H,11-16,18-19H2,1-4H3. The summed E-state index contributed by atoms with van der Waals surface area (Å²) < 4.78 is 7.61. The number of carbonyl (C=O) groups is 1. The number of amides is 1. The summed E-state index contributed by atoms with van der Waals surface area (Å²) in [6.07, 6.45) is 1.52. The number of nitrogens with one attached hydrogen (secondary N) is 1. The highest BCUT2D eigenvalue weighted by molar-refractivity contribution is 6.39. The highest BCUT2D eigenvalue weighted by atomic mass is 35.5. The first-order valence-corrected chi connectivity index (χ1v) is 16.0. The largest absolute Gasteiger partial charge is 0.480 e. The zero-order valence-electron chi connectivity index (χ0n) is 26.4. The van der Waals surface area contributed by atoms with E-state index < -0.39 is 6.23 Å². The van der Waals surface area contributed by atoms with Gasteiger partial charge in [-0.2, -0.15) is 0 Å². The molecule has 1 saturated heterocycles. The molecular weight excluding hydrogens is 627 g/mol. The van der Waals surface area contributed by atoms with Gasteiger partial charge >= 0.3 is 0 Å². The lowest BCUT2D eigenvalue weighted by Gasteiger charge is -2.34. The maximum Gasteiger partial charge on any atom is 0.237 e. The molecule has 2 aromatic heterocycles. The van der Waals surface area contributed by atoms with Crippen LogP contribution in [0.3, 0.4) is 0 Å². The van der Waals surface area contributed by atoms with Crippen LogP contribution in [0.2, 0.25) is 10.0 Å². The Kier molecular flexibility index (Phi) is 9.49. The minimum Gasteiger partial charge on any atom is -0.480 e. The molecule has 0 radical (unpaired) electrons. The van der Waals surface area contributed by atoms with Crippen molar-refractivity contribution in [3.05, 3.63) is 75.5 Å². The molecule has 2 N–H and O–H groups in total. The Morgan fingerprint density at radius 1 is 1.00 bits per heavy atom. The van der Waals surface area contributed by atoms with Gasteiger partial charge in [0.2, 0.25) is 11.8 Å². The lowest BCUT2D eigenvalue weighted by Crippen LogP contribution is -2.47. The van der Waals surface area contributed by atoms with Gasteiger partial charge < -0.3 is 29.5 Å². The number of aromatic nitrogens is 4. The second-order valence-corrected chi connectivity index (χ2v) is 12.5. The van der Waals surface area contributed by atoms with Crippen molar-refractivity contribution in [2.24, 2.45) is 7.05 Å². The number of halogens is 2. The highest BCUT2D eigenvalue weighted by Gasteiger charge is 2.26. The predicted molar refractivity (Wildman–Crippen MR) is 179 cm³/mol. The maximum absolute atomic E-state index is 11.7. The third kappa shape index (κ3) is 6.43. The van der Waals surface area contributed by atoms with E-state index in [1.54, 1.807) is 20.2 Å². The molecule has 1 unspecified atom stereocenters. The topological polar surface area (TPSA) is 112 Å². The highest BCUT2D eigenvalue weighted by Crippen LogP contribution is 2.42. The van der Waals surface area contributed by atoms with E-state index in [2.05, 4.69) is 22.2 Å². The van der Waals surface area contributed by atoms with E-state index >= 15 is 0 Å². The van der Waals surface area contributed by atoms with Gasteiger partial charge in [-0.05, 0) is 13.1 Å². The number of methoxy groups -OCH3 is 1. The Morgan fingerprint density at radius 2 is 1.70 bits per heavy atom. The predicted octanol–water partition coefficient (Wildman–Crippen LogP) is 4.61. The molecule has 11 nitrogen and oxygen atoms in total. The molecule has 46 heavy (non-hydrogen) atoms. The van der Waals surface area contributed by atoms with E-state index in [9.17, 15) is 9.90 Å². The Balaban J connectivity index is 1.23. The van der Waals surface area contributed by atoms with E-state index in [0.717, 1.165) is 49.7 Å². The van der Waals surface area contributed by atoms with Gasteiger partial charge in [-0.25, -0.2) is 9.97 Å². The monoisotopic (exact) mass is 664 g/mol. The number of anilines is 1. The minimum absolute atomic E-state index is 0.0955. The number of hydrogen-bond donors (Lipinski definition) is 2. The quantitative estimate of drug-likeness (QED) is 0.261. The van der Waals surface area contributed by atoms with Gasteiger partial charge in [-0.3, -0.25) is 14.7 Å². The summed E-state index contributed by atoms with van der Waals surface area (Å²) in [5.74, 6) is 1.06. The third-order valence-corrected chi connectivity index (χ3v) is 9.59. The summed E-state index contributed by atoms with van der Waals surface area (Å²) >= 11 is 14.0. The number of piperazine rings is 1. The second-order valence-electron chi connectivity index (χ2n) is 11.8. The molecule has 4 aromatic rings. The van der Waals surface area contributed by atoms with E-state index in [0.29, 0.717) is 69.5 Å². The lowest BCUT2D eigenvalue weighted by atomic mass is 10.0. The van der Waals surface area contributed by atoms with Gasteiger partial charge in [-0.15, -0.1) is 0 Å². The first kappa shape index (κ1) is 32.2. The van der Waals surface area contributed by atoms with Crippen molar-refractivity contribution in [2.75, 3.05) is 52.2 Å². The van der Waals surface area contributed by atoms with Crippen LogP contribution in [0.4, 0.5) is 5.69 Å². The van der Waals surface area contributed by atoms with Crippen LogP contribution < -0.4 is 10.1 Å². The Labute approximate surface area is 278 Å². The Morgan fingerprint density at radius 3 is 2.41 bits per heavy atom. The lowest BCUT2D eigenvalue weighted by molar-refractivity contribution is -0.130. The van der Waals surface area contributed by atoms with Crippen LogP contribution in [0, 0.1) is 0 Å². The number of ether oxygens (including phenoxy) is 1. The molecule has 1 atom stereocenters. The van der Waals surface area contributed by atoms with Crippen molar-refractivity contribution in [3.63, 3.8) is 0 Å². The average molecular weight is 666 g/mol. The van der Waals surface area contributed by atoms with Crippen LogP contribution in [-0.2, 0) is 31.4 Å². The molecule has 13 heteroatoms. The first-order valence-electron chi connectivity index (χ1n) is 15.3. The number of likely N-dealkylation sites (N-methyl/N-ethyl adjacent to an activating group) is 1. The van der Waals surface area contributed by atoms with Crippen LogP contribution in [0.5, 0.6) is 5.88 Å². The number of aliphatic hydroxyl groups excluding tert-OH is 1. The van der Waals surface area contributed by atoms with Crippen molar-refractivity contribution in [3.8, 4) is 28.3 Å². The number of hydrogen-bond acceptors (Lipinski definition) is 9. The van der Waals surface area contributed by atoms with Gasteiger partial charge in [0.15, 0.2) is 12.1 Å². The first-order chi connectivity index (χ1) is 22.1. The normalized spacial score (nSPS) is 16.3. The second kappa shape index (κ2) is 13.5. The summed E-state index contributed by atoms with van der Waals surface area (Å²) in [5, 5.41) is 15.2. The Hall–Kier alpha value is -3.74. The summed E-state index contributed by atoms with van der Waals surface area (Å²) in [6, 6.07) is 11.3. The van der Waals surface area contributed by atoms with Crippen LogP contribution in [-0.4, -0.2) is 92.1 Å². The van der Waals surface area contributed by atoms with Gasteiger partial charge in [-0.1, -0.05) is 53.5 Å². The molecule has 2 aliphatic rings. The third-order valence-electron chi connectivity index (χ3n) is 8.78. The van der Waals surface area contributed by atoms with Gasteiger partial charge in [0.1, 0.15) is 5.69 Å². The molecule has 6 rings (SSSR count). The molecule has 1 fully saturated rings. The number of benzene rings is 2. The SMILES string of the molecule is COc1nc(-c2cccc(-c3cccc(NC(O)c4nc5c(n4C)CCN(C)C5)c3Cl)c2Cl)cnc1CN1CCN(C(C)=O)CC1. The molecule has 2 aliphatic heterocycles. The van der Waals surface area contributed by atoms with E-state index in [1.165, 1.54) is 0 Å². The molecule has 0 aliphatic carbocycles. The fourth-order valence-electron chi connectivity index (χ4n) is 6.16. The van der Waals surface area contributed by atoms with Crippen LogP contribution in [0.15, 0.2) is 42.6 Å². The zero-order chi connectivity index (χ0) is 32.5. The van der Waals surface area contributed by atoms with E-state index in [4.69, 9.17) is 42.9 Å². The molecule has 0 saturated carbocycles. The van der Waals surface area contributed by atoms with Crippen LogP contribution in [0.1, 0.15) is 36.1 Å². The molecule has 2 aromatic carbocycles. The van der Waals surface area contributed by atoms with Crippen molar-refractivity contribution in [2.45, 2.75) is 32.7 Å². The van der Waals surface area contributed by atoms with Gasteiger partial charge in [0.25, 0.3) is 0 Å². The van der Waals surface area contributed by atoms with E-state index in [-0.39, 0.29) is 5.91 Å². The van der Waals surface area contributed by atoms with Crippen molar-refractivity contribution < 1.29 is 14.6 Å². The van der Waals surface area contributed by atoms with Gasteiger partial charge in [0.05, 0.1) is 40.4 Å². The molecule has 0 spiro atoms. The summed E-state index contributed by atoms with van der Waals surface area (Å²) in [5.41, 5.74) is 6.06. The molecule has 1 amide bonds. The number of aliphatic hydroxyl groups is 1. The van der Waals surface area contributed by atoms with Crippen molar-refractivity contribution in [1.82, 2.24) is 34.2 Å². The summed E-state index contributed by atoms with van der Waals surface area (Å²) in [7, 11) is 5.58. The fraction of sp³-hybridized carbons (Fsp3) is 0.394. The van der Waals surface area contributed by atoms with Crippen LogP contribution >= 0.6 is 23.2 Å².